The number of rotatable bonds is 23. The van der Waals surface area contributed by atoms with Gasteiger partial charge in [0.05, 0.1) is 54.5 Å². The highest BCUT2D eigenvalue weighted by molar-refractivity contribution is 5.99. The third-order valence-corrected chi connectivity index (χ3v) is 15.6. The van der Waals surface area contributed by atoms with Crippen LogP contribution in [0.15, 0.2) is 24.3 Å². The number of hydrogen-bond donors (Lipinski definition) is 15. The molecule has 2 saturated heterocycles. The van der Waals surface area contributed by atoms with Gasteiger partial charge in [0.15, 0.2) is 11.6 Å². The van der Waals surface area contributed by atoms with E-state index < -0.39 is 158 Å². The van der Waals surface area contributed by atoms with Gasteiger partial charge in [-0.2, -0.15) is 0 Å². The Kier molecular flexibility index (Phi) is 26.8. The van der Waals surface area contributed by atoms with Gasteiger partial charge in [-0.05, 0) is 75.1 Å². The van der Waals surface area contributed by atoms with E-state index in [2.05, 4.69) is 47.4 Å². The van der Waals surface area contributed by atoms with Gasteiger partial charge < -0.3 is 78.5 Å². The Bertz CT molecular complexity index is 2070. The van der Waals surface area contributed by atoms with Crippen molar-refractivity contribution in [2.45, 2.75) is 203 Å². The topological polar surface area (TPSA) is 397 Å². The maximum absolute atomic E-state index is 14.7. The molecule has 3 unspecified atom stereocenters. The van der Waals surface area contributed by atoms with Crippen molar-refractivity contribution in [1.29, 1.82) is 0 Å². The van der Waals surface area contributed by atoms with E-state index in [1.165, 1.54) is 37.6 Å². The fraction of sp³-hybridized carbons (Fsp3) is 0.759. The highest BCUT2D eigenvalue weighted by Gasteiger charge is 2.50. The molecule has 5 amide bonds. The molecule has 1 saturated carbocycles. The number of unbranched alkanes of at least 4 members (excludes halogenated alkanes) is 5. The number of aliphatic hydroxyl groups excluding tert-OH is 7. The summed E-state index contributed by atoms with van der Waals surface area (Å²) < 4.78 is 0. The molecule has 0 aromatic heterocycles. The minimum atomic E-state index is -2.15. The van der Waals surface area contributed by atoms with Crippen LogP contribution in [0.5, 0.6) is 5.75 Å². The molecule has 1 aromatic rings. The maximum atomic E-state index is 14.7. The quantitative estimate of drug-likeness (QED) is 0.0571. The number of carbonyl (C=O) groups excluding carboxylic acids is 7. The Hall–Kier alpha value is -4.69. The van der Waals surface area contributed by atoms with Crippen LogP contribution in [-0.2, 0) is 33.6 Å². The van der Waals surface area contributed by atoms with E-state index in [1.807, 2.05) is 0 Å². The average Bonchev–Trinajstić information content (AvgIpc) is 3.99. The average molecular weight is 1090 g/mol. The standard InChI is InChI=1S/C54H90N8O15/c1-5-29(2)24-30(3)12-10-8-6-7-9-11-13-43(70)58-37-27-42(69)50(57-23-22-56)61-53(76)44-35(18-19-39(44)66)48(72)46(40(67)20-21-55)60-51(74)36(49(73)47(71)32-14-16-33(64)17-15-32)26-41(68)38-25-34(65)28-62(38)54(77)45(31(4)63)59-52(37)75/h14-17,29-31,34-40,42,44-47,49-50,57,63-67,69,71,73H,5-13,18-28,55-56H2,1-4H3,(H,58,70)(H,59,75)(H,60,74)(H,61,76)/t29?,30?,31-,34-,35?,36+,37+,38+,39+,40-,42-,44+,45+,46+,47+,49+,50+/m1/s1. The molecule has 2 aliphatic heterocycles. The molecule has 3 aliphatic rings. The smallest absolute Gasteiger partial charge is 0.248 e. The maximum Gasteiger partial charge on any atom is 0.248 e. The Morgan fingerprint density at radius 1 is 0.766 bits per heavy atom. The van der Waals surface area contributed by atoms with E-state index in [1.54, 1.807) is 0 Å². The van der Waals surface area contributed by atoms with Gasteiger partial charge in [0.25, 0.3) is 0 Å². The number of nitrogens with two attached hydrogens (primary N) is 2. The first-order chi connectivity index (χ1) is 36.5. The predicted octanol–water partition coefficient (Wildman–Crippen LogP) is -1.23. The molecule has 0 radical (unpaired) electrons. The normalized spacial score (nSPS) is 29.7. The summed E-state index contributed by atoms with van der Waals surface area (Å²) in [5, 5.41) is 103. The number of phenols is 1. The number of Topliss-reactive ketones (excluding diaryl/α,β-unsaturated/α-hetero) is 2. The number of carbonyl (C=O) groups is 7. The first-order valence-electron chi connectivity index (χ1n) is 27.8. The summed E-state index contributed by atoms with van der Waals surface area (Å²) in [6.45, 7) is 7.19. The van der Waals surface area contributed by atoms with Gasteiger partial charge in [0.2, 0.25) is 29.5 Å². The van der Waals surface area contributed by atoms with Crippen LogP contribution in [0.4, 0.5) is 0 Å². The van der Waals surface area contributed by atoms with Crippen LogP contribution in [0.2, 0.25) is 0 Å². The molecular weight excluding hydrogens is 1000 g/mol. The third-order valence-electron chi connectivity index (χ3n) is 15.6. The number of fused-ring (bicyclic) bond motifs is 2. The summed E-state index contributed by atoms with van der Waals surface area (Å²) in [6.07, 6.45) is -7.25. The lowest BCUT2D eigenvalue weighted by Crippen LogP contribution is -2.61. The Balaban J connectivity index is 1.73. The van der Waals surface area contributed by atoms with Crippen LogP contribution in [0.3, 0.4) is 0 Å². The van der Waals surface area contributed by atoms with Crippen LogP contribution in [-0.4, -0.2) is 180 Å². The summed E-state index contributed by atoms with van der Waals surface area (Å²) in [7, 11) is 0. The number of nitrogens with zero attached hydrogens (tertiary/aromatic N) is 1. The van der Waals surface area contributed by atoms with Crippen molar-refractivity contribution in [3.8, 4) is 5.75 Å². The first kappa shape index (κ1) is 64.8. The first-order valence-corrected chi connectivity index (χ1v) is 27.8. The van der Waals surface area contributed by atoms with Crippen molar-refractivity contribution < 1.29 is 74.4 Å². The minimum Gasteiger partial charge on any atom is -0.508 e. The molecule has 77 heavy (non-hydrogen) atoms. The monoisotopic (exact) mass is 1090 g/mol. The number of phenolic OH excluding ortho intramolecular Hbond substituents is 1. The molecule has 0 bridgehead atoms. The molecule has 4 rings (SSSR count). The molecule has 0 spiro atoms. The van der Waals surface area contributed by atoms with Crippen LogP contribution in [0.1, 0.15) is 142 Å². The second kappa shape index (κ2) is 31.8. The number of nitrogens with one attached hydrogen (secondary N) is 5. The Morgan fingerprint density at radius 2 is 1.42 bits per heavy atom. The SMILES string of the molecule is CCC(C)CC(C)CCCCCCCCC(=O)N[C@H]1C[C@@H](O)[C@@H](NCCN)NC(=O)[C@H]2C(CC[C@@H]2O)C(=O)[C@H]([C@H](O)CCN)NC(=O)[C@H]([C@H](O)[C@@H](O)c2ccc(O)cc2)CC(=O)[C@@H]2C[C@@H](O)CN2C(=O)[C@H]([C@@H](C)O)NC1=O. The zero-order valence-corrected chi connectivity index (χ0v) is 45.3. The summed E-state index contributed by atoms with van der Waals surface area (Å²) in [5.41, 5.74) is 11.6. The number of aromatic hydroxyl groups is 1. The second-order valence-electron chi connectivity index (χ2n) is 21.9. The van der Waals surface area contributed by atoms with Gasteiger partial charge in [0, 0.05) is 51.2 Å². The summed E-state index contributed by atoms with van der Waals surface area (Å²) in [6, 6.07) is -2.02. The van der Waals surface area contributed by atoms with Crippen molar-refractivity contribution in [2.24, 2.45) is 41.1 Å². The van der Waals surface area contributed by atoms with E-state index in [0.717, 1.165) is 49.8 Å². The van der Waals surface area contributed by atoms with Gasteiger partial charge in [-0.3, -0.25) is 38.9 Å². The number of amides is 5. The highest BCUT2D eigenvalue weighted by atomic mass is 16.3. The Labute approximate surface area is 452 Å². The zero-order chi connectivity index (χ0) is 57.1. The van der Waals surface area contributed by atoms with E-state index in [-0.39, 0.29) is 56.6 Å². The summed E-state index contributed by atoms with van der Waals surface area (Å²) in [5.74, 6) is -10.6. The summed E-state index contributed by atoms with van der Waals surface area (Å²) >= 11 is 0. The number of benzene rings is 1. The molecule has 2 heterocycles. The van der Waals surface area contributed by atoms with Gasteiger partial charge in [-0.1, -0.05) is 77.8 Å². The lowest BCUT2D eigenvalue weighted by molar-refractivity contribution is -0.146. The van der Waals surface area contributed by atoms with E-state index in [9.17, 15) is 74.4 Å². The van der Waals surface area contributed by atoms with E-state index >= 15 is 0 Å². The molecule has 3 fully saturated rings. The molecule has 23 nitrogen and oxygen atoms in total. The van der Waals surface area contributed by atoms with Gasteiger partial charge in [0.1, 0.15) is 36.1 Å². The van der Waals surface area contributed by atoms with Crippen LogP contribution in [0.25, 0.3) is 0 Å². The molecule has 23 heteroatoms. The lowest BCUT2D eigenvalue weighted by atomic mass is 9.83. The van der Waals surface area contributed by atoms with E-state index in [0.29, 0.717) is 18.3 Å². The van der Waals surface area contributed by atoms with Gasteiger partial charge >= 0.3 is 0 Å². The fourth-order valence-corrected chi connectivity index (χ4v) is 10.9. The van der Waals surface area contributed by atoms with Crippen molar-refractivity contribution in [3.05, 3.63) is 29.8 Å². The van der Waals surface area contributed by atoms with Gasteiger partial charge in [-0.25, -0.2) is 0 Å². The molecule has 17 atom stereocenters. The number of ketones is 2. The van der Waals surface area contributed by atoms with Gasteiger partial charge in [-0.15, -0.1) is 0 Å². The zero-order valence-electron chi connectivity index (χ0n) is 45.3. The molecule has 436 valence electrons. The number of aliphatic hydroxyl groups is 7. The van der Waals surface area contributed by atoms with Crippen molar-refractivity contribution in [1.82, 2.24) is 31.5 Å². The Morgan fingerprint density at radius 3 is 2.05 bits per heavy atom. The van der Waals surface area contributed by atoms with Crippen molar-refractivity contribution in [2.75, 3.05) is 26.2 Å². The molecular formula is C54H90N8O15. The second-order valence-corrected chi connectivity index (χ2v) is 21.9. The number of hydrogen-bond acceptors (Lipinski definition) is 18. The largest absolute Gasteiger partial charge is 0.508 e. The molecule has 1 aromatic carbocycles. The van der Waals surface area contributed by atoms with Crippen molar-refractivity contribution in [3.63, 3.8) is 0 Å². The van der Waals surface area contributed by atoms with E-state index in [4.69, 9.17) is 11.5 Å². The van der Waals surface area contributed by atoms with Crippen LogP contribution < -0.4 is 38.1 Å². The van der Waals surface area contributed by atoms with Crippen LogP contribution in [0, 0.1) is 29.6 Å². The lowest BCUT2D eigenvalue weighted by Gasteiger charge is -2.33. The van der Waals surface area contributed by atoms with Crippen LogP contribution >= 0.6 is 0 Å². The fourth-order valence-electron chi connectivity index (χ4n) is 10.9. The van der Waals surface area contributed by atoms with Crippen molar-refractivity contribution >= 4 is 41.1 Å². The predicted molar refractivity (Wildman–Crippen MR) is 282 cm³/mol. The highest BCUT2D eigenvalue weighted by Crippen LogP contribution is 2.36. The minimum absolute atomic E-state index is 0.0106. The third kappa shape index (κ3) is 19.0. The summed E-state index contributed by atoms with van der Waals surface area (Å²) in [4.78, 5) is 102. The molecule has 17 N–H and O–H groups in total. The molecule has 1 aliphatic carbocycles.